The third-order valence-electron chi connectivity index (χ3n) is 9.34. The maximum Gasteiger partial charge on any atom is 0.169 e. The number of phenolic OH excluding ortho intramolecular Hbond substituents is 1. The third kappa shape index (κ3) is 5.30. The van der Waals surface area contributed by atoms with E-state index in [0.717, 1.165) is 56.0 Å². The molecule has 5 heterocycles. The van der Waals surface area contributed by atoms with Gasteiger partial charge in [0.2, 0.25) is 0 Å². The van der Waals surface area contributed by atoms with Gasteiger partial charge in [-0.15, -0.1) is 10.2 Å². The van der Waals surface area contributed by atoms with Crippen molar-refractivity contribution in [1.29, 1.82) is 0 Å². The monoisotopic (exact) mass is 553 g/mol. The molecule has 0 amide bonds. The van der Waals surface area contributed by atoms with Crippen LogP contribution < -0.4 is 15.5 Å². The summed E-state index contributed by atoms with van der Waals surface area (Å²) in [5, 5.41) is 28.7. The Morgan fingerprint density at radius 1 is 1.05 bits per heavy atom. The molecule has 41 heavy (non-hydrogen) atoms. The number of aromatic nitrogens is 3. The molecule has 0 aliphatic carbocycles. The summed E-state index contributed by atoms with van der Waals surface area (Å²) >= 11 is 0. The zero-order chi connectivity index (χ0) is 28.5. The molecule has 214 valence electrons. The van der Waals surface area contributed by atoms with Gasteiger partial charge < -0.3 is 25.7 Å². The number of nitrogens with two attached hydrogens (primary N) is 1. The molecule has 5 atom stereocenters. The van der Waals surface area contributed by atoms with E-state index in [0.29, 0.717) is 47.5 Å². The van der Waals surface area contributed by atoms with Crippen molar-refractivity contribution < 1.29 is 10.2 Å². The molecular weight excluding hydrogens is 514 g/mol. The van der Waals surface area contributed by atoms with Crippen LogP contribution in [0.2, 0.25) is 0 Å². The molecule has 6 rings (SSSR count). The number of aliphatic hydroxyl groups excluding tert-OH is 1. The van der Waals surface area contributed by atoms with Gasteiger partial charge in [0.25, 0.3) is 0 Å². The van der Waals surface area contributed by atoms with Crippen LogP contribution in [0, 0.1) is 23.7 Å². The lowest BCUT2D eigenvalue weighted by molar-refractivity contribution is 0.149. The summed E-state index contributed by atoms with van der Waals surface area (Å²) in [6.45, 7) is 7.93. The molecule has 4 N–H and O–H groups in total. The molecule has 3 aromatic rings. The zero-order valence-electron chi connectivity index (χ0n) is 23.8. The minimum absolute atomic E-state index is 0.173. The quantitative estimate of drug-likeness (QED) is 0.395. The number of nitrogen functional groups attached to an aromatic ring is 1. The third-order valence-corrected chi connectivity index (χ3v) is 9.34. The lowest BCUT2D eigenvalue weighted by Crippen LogP contribution is -2.54. The molecule has 3 aliphatic rings. The first-order chi connectivity index (χ1) is 20.0. The van der Waals surface area contributed by atoms with Crippen molar-refractivity contribution in [3.05, 3.63) is 54.4 Å². The molecule has 1 aromatic carbocycles. The number of benzene rings is 1. The van der Waals surface area contributed by atoms with Crippen molar-refractivity contribution in [2.75, 3.05) is 48.3 Å². The van der Waals surface area contributed by atoms with E-state index in [4.69, 9.17) is 5.73 Å². The Bertz CT molecular complexity index is 1440. The average Bonchev–Trinajstić information content (AvgIpc) is 3.44. The standard InChI is InChI=1S/C32H39N7O2/c1-3-22-17-37(30(20-40)21(22)2)14-6-7-23-15-24(12-13-34-23)39-25-10-11-26(39)19-38(18-25)29-16-28(35-36-32(29)33)27-8-4-5-9-31(27)41/h4-5,8-9,12-13,15-16,21-22,25-26,30,40-41H,3,10-11,14,17-20H2,1-2H3,(H2,33,36). The molecule has 9 heteroatoms. The number of para-hydroxylation sites is 1. The molecule has 2 aromatic heterocycles. The minimum atomic E-state index is 0.173. The van der Waals surface area contributed by atoms with Gasteiger partial charge in [-0.25, -0.2) is 4.98 Å². The molecular formula is C32H39N7O2. The second kappa shape index (κ2) is 11.6. The largest absolute Gasteiger partial charge is 0.507 e. The molecule has 3 aliphatic heterocycles. The summed E-state index contributed by atoms with van der Waals surface area (Å²) in [6, 6.07) is 14.1. The number of hydrogen-bond acceptors (Lipinski definition) is 9. The number of fused-ring (bicyclic) bond motifs is 2. The van der Waals surface area contributed by atoms with Gasteiger partial charge in [-0.05, 0) is 60.9 Å². The van der Waals surface area contributed by atoms with E-state index in [2.05, 4.69) is 67.7 Å². The first-order valence-corrected chi connectivity index (χ1v) is 14.7. The SMILES string of the molecule is CCC1CN(CC#Cc2cc(N3C4CCC3CN(c3cc(-c5ccccc5O)nnc3N)C4)ccn2)C(CO)C1C. The zero-order valence-corrected chi connectivity index (χ0v) is 23.8. The summed E-state index contributed by atoms with van der Waals surface area (Å²) in [7, 11) is 0. The fraction of sp³-hybridized carbons (Fsp3) is 0.469. The fourth-order valence-electron chi connectivity index (χ4n) is 7.08. The van der Waals surface area contributed by atoms with Gasteiger partial charge >= 0.3 is 0 Å². The predicted octanol–water partition coefficient (Wildman–Crippen LogP) is 3.37. The molecule has 0 radical (unpaired) electrons. The van der Waals surface area contributed by atoms with Crippen molar-refractivity contribution in [3.63, 3.8) is 0 Å². The van der Waals surface area contributed by atoms with Gasteiger partial charge in [-0.2, -0.15) is 0 Å². The number of aromatic hydroxyl groups is 1. The number of phenols is 1. The van der Waals surface area contributed by atoms with Crippen LogP contribution in [0.4, 0.5) is 17.2 Å². The summed E-state index contributed by atoms with van der Waals surface area (Å²) < 4.78 is 0. The van der Waals surface area contributed by atoms with E-state index >= 15 is 0 Å². The van der Waals surface area contributed by atoms with Gasteiger partial charge in [0.05, 0.1) is 24.5 Å². The van der Waals surface area contributed by atoms with E-state index in [1.54, 1.807) is 12.1 Å². The van der Waals surface area contributed by atoms with E-state index < -0.39 is 0 Å². The van der Waals surface area contributed by atoms with Crippen LogP contribution in [0.1, 0.15) is 38.8 Å². The van der Waals surface area contributed by atoms with Crippen LogP contribution in [0.25, 0.3) is 11.3 Å². The number of anilines is 3. The minimum Gasteiger partial charge on any atom is -0.507 e. The van der Waals surface area contributed by atoms with E-state index in [1.165, 1.54) is 0 Å². The highest BCUT2D eigenvalue weighted by Gasteiger charge is 2.41. The highest BCUT2D eigenvalue weighted by Crippen LogP contribution is 2.39. The molecule has 0 saturated carbocycles. The lowest BCUT2D eigenvalue weighted by atomic mass is 9.91. The van der Waals surface area contributed by atoms with Crippen molar-refractivity contribution >= 4 is 17.2 Å². The van der Waals surface area contributed by atoms with Crippen molar-refractivity contribution in [2.45, 2.75) is 51.2 Å². The van der Waals surface area contributed by atoms with E-state index in [1.807, 2.05) is 24.4 Å². The summed E-state index contributed by atoms with van der Waals surface area (Å²) in [5.41, 5.74) is 10.4. The molecule has 5 unspecified atom stereocenters. The van der Waals surface area contributed by atoms with Gasteiger partial charge in [-0.3, -0.25) is 4.90 Å². The molecule has 9 nitrogen and oxygen atoms in total. The maximum atomic E-state index is 10.3. The molecule has 3 saturated heterocycles. The summed E-state index contributed by atoms with van der Waals surface area (Å²) in [5.74, 6) is 8.29. The summed E-state index contributed by atoms with van der Waals surface area (Å²) in [6.07, 6.45) is 5.19. The van der Waals surface area contributed by atoms with Crippen LogP contribution in [0.3, 0.4) is 0 Å². The number of rotatable bonds is 6. The highest BCUT2D eigenvalue weighted by molar-refractivity contribution is 5.74. The van der Waals surface area contributed by atoms with Crippen LogP contribution >= 0.6 is 0 Å². The van der Waals surface area contributed by atoms with Gasteiger partial charge in [-0.1, -0.05) is 38.3 Å². The Labute approximate surface area is 242 Å². The smallest absolute Gasteiger partial charge is 0.169 e. The van der Waals surface area contributed by atoms with Gasteiger partial charge in [0.1, 0.15) is 11.4 Å². The number of nitrogens with zero attached hydrogens (tertiary/aromatic N) is 6. The first kappa shape index (κ1) is 27.3. The van der Waals surface area contributed by atoms with Crippen molar-refractivity contribution in [1.82, 2.24) is 20.1 Å². The van der Waals surface area contributed by atoms with E-state index in [-0.39, 0.29) is 18.4 Å². The van der Waals surface area contributed by atoms with Crippen LogP contribution in [0.5, 0.6) is 5.75 Å². The van der Waals surface area contributed by atoms with Crippen molar-refractivity contribution in [2.24, 2.45) is 11.8 Å². The van der Waals surface area contributed by atoms with Gasteiger partial charge in [0.15, 0.2) is 5.82 Å². The van der Waals surface area contributed by atoms with Crippen LogP contribution in [-0.4, -0.2) is 81.2 Å². The van der Waals surface area contributed by atoms with Crippen LogP contribution in [-0.2, 0) is 0 Å². The topological polar surface area (TPSA) is 115 Å². The Balaban J connectivity index is 1.16. The summed E-state index contributed by atoms with van der Waals surface area (Å²) in [4.78, 5) is 11.7. The molecule has 2 bridgehead atoms. The normalized spacial score (nSPS) is 25.8. The Hall–Kier alpha value is -3.87. The maximum absolute atomic E-state index is 10.3. The molecule has 3 fully saturated rings. The molecule has 0 spiro atoms. The Morgan fingerprint density at radius 2 is 1.83 bits per heavy atom. The Kier molecular flexibility index (Phi) is 7.69. The second-order valence-corrected chi connectivity index (χ2v) is 11.6. The number of aliphatic hydroxyl groups is 1. The van der Waals surface area contributed by atoms with Gasteiger partial charge in [0, 0.05) is 55.2 Å². The number of hydrogen-bond donors (Lipinski definition) is 3. The lowest BCUT2D eigenvalue weighted by Gasteiger charge is -2.43. The fourth-order valence-corrected chi connectivity index (χ4v) is 7.08. The number of pyridine rings is 1. The first-order valence-electron chi connectivity index (χ1n) is 14.7. The number of likely N-dealkylation sites (tertiary alicyclic amines) is 1. The van der Waals surface area contributed by atoms with E-state index in [9.17, 15) is 10.2 Å². The predicted molar refractivity (Wildman–Crippen MR) is 162 cm³/mol. The number of piperazine rings is 1. The van der Waals surface area contributed by atoms with Crippen molar-refractivity contribution in [3.8, 4) is 28.8 Å². The second-order valence-electron chi connectivity index (χ2n) is 11.6. The van der Waals surface area contributed by atoms with Crippen LogP contribution in [0.15, 0.2) is 48.7 Å². The highest BCUT2D eigenvalue weighted by atomic mass is 16.3. The average molecular weight is 554 g/mol. The Morgan fingerprint density at radius 3 is 2.56 bits per heavy atom.